The van der Waals surface area contributed by atoms with Crippen molar-refractivity contribution < 1.29 is 4.74 Å². The SMILES string of the molecule is Cc1c(C)n(CCOC(C)C)c2ccc(CN)cc12. The van der Waals surface area contributed by atoms with Gasteiger partial charge in [-0.3, -0.25) is 0 Å². The molecule has 0 aliphatic heterocycles. The number of benzene rings is 1. The van der Waals surface area contributed by atoms with Gasteiger partial charge in [0, 0.05) is 29.7 Å². The van der Waals surface area contributed by atoms with Gasteiger partial charge in [0.05, 0.1) is 12.7 Å². The van der Waals surface area contributed by atoms with Gasteiger partial charge in [0.2, 0.25) is 0 Å². The van der Waals surface area contributed by atoms with Crippen molar-refractivity contribution in [2.24, 2.45) is 5.73 Å². The standard InChI is InChI=1S/C16H24N2O/c1-11(2)19-8-7-18-13(4)12(3)15-9-14(10-17)5-6-16(15)18/h5-6,9,11H,7-8,10,17H2,1-4H3. The summed E-state index contributed by atoms with van der Waals surface area (Å²) < 4.78 is 8.00. The fraction of sp³-hybridized carbons (Fsp3) is 0.500. The Morgan fingerprint density at radius 1 is 1.26 bits per heavy atom. The molecule has 0 aliphatic rings. The molecule has 0 amide bonds. The summed E-state index contributed by atoms with van der Waals surface area (Å²) in [5.74, 6) is 0. The lowest BCUT2D eigenvalue weighted by molar-refractivity contribution is 0.0731. The second-order valence-corrected chi connectivity index (χ2v) is 5.34. The van der Waals surface area contributed by atoms with Crippen LogP contribution in [0.2, 0.25) is 0 Å². The lowest BCUT2D eigenvalue weighted by atomic mass is 10.1. The second kappa shape index (κ2) is 5.76. The van der Waals surface area contributed by atoms with Crippen molar-refractivity contribution in [1.82, 2.24) is 4.57 Å². The number of aryl methyl sites for hydroxylation is 1. The van der Waals surface area contributed by atoms with Crippen LogP contribution in [0.5, 0.6) is 0 Å². The average Bonchev–Trinajstić information content (AvgIpc) is 2.63. The van der Waals surface area contributed by atoms with Crippen molar-refractivity contribution in [1.29, 1.82) is 0 Å². The Hall–Kier alpha value is -1.32. The van der Waals surface area contributed by atoms with Gasteiger partial charge in [-0.05, 0) is 51.0 Å². The zero-order chi connectivity index (χ0) is 14.0. The molecule has 3 heteroatoms. The number of fused-ring (bicyclic) bond motifs is 1. The van der Waals surface area contributed by atoms with Crippen LogP contribution >= 0.6 is 0 Å². The van der Waals surface area contributed by atoms with Crippen LogP contribution < -0.4 is 5.73 Å². The maximum Gasteiger partial charge on any atom is 0.0649 e. The molecule has 104 valence electrons. The van der Waals surface area contributed by atoms with Crippen molar-refractivity contribution in [2.75, 3.05) is 6.61 Å². The Kier molecular flexibility index (Phi) is 4.27. The van der Waals surface area contributed by atoms with E-state index >= 15 is 0 Å². The molecule has 2 aromatic rings. The van der Waals surface area contributed by atoms with E-state index < -0.39 is 0 Å². The topological polar surface area (TPSA) is 40.2 Å². The largest absolute Gasteiger partial charge is 0.377 e. The molecule has 0 spiro atoms. The van der Waals surface area contributed by atoms with E-state index in [0.29, 0.717) is 6.54 Å². The molecule has 0 aliphatic carbocycles. The van der Waals surface area contributed by atoms with Crippen LogP contribution in [0.15, 0.2) is 18.2 Å². The van der Waals surface area contributed by atoms with Gasteiger partial charge in [0.15, 0.2) is 0 Å². The van der Waals surface area contributed by atoms with Gasteiger partial charge in [0.25, 0.3) is 0 Å². The molecule has 2 N–H and O–H groups in total. The van der Waals surface area contributed by atoms with E-state index in [1.165, 1.54) is 27.7 Å². The maximum absolute atomic E-state index is 5.72. The average molecular weight is 260 g/mol. The summed E-state index contributed by atoms with van der Waals surface area (Å²) >= 11 is 0. The maximum atomic E-state index is 5.72. The molecule has 2 rings (SSSR count). The highest BCUT2D eigenvalue weighted by molar-refractivity contribution is 5.86. The predicted octanol–water partition coefficient (Wildman–Crippen LogP) is 3.14. The molecule has 0 bridgehead atoms. The summed E-state index contributed by atoms with van der Waals surface area (Å²) in [5.41, 5.74) is 10.8. The first-order valence-corrected chi connectivity index (χ1v) is 6.94. The number of hydrogen-bond acceptors (Lipinski definition) is 2. The van der Waals surface area contributed by atoms with E-state index in [4.69, 9.17) is 10.5 Å². The molecule has 0 atom stereocenters. The molecule has 19 heavy (non-hydrogen) atoms. The smallest absolute Gasteiger partial charge is 0.0649 e. The third-order valence-corrected chi connectivity index (χ3v) is 3.71. The first kappa shape index (κ1) is 14.1. The third kappa shape index (κ3) is 2.82. The van der Waals surface area contributed by atoms with Gasteiger partial charge in [-0.15, -0.1) is 0 Å². The van der Waals surface area contributed by atoms with Gasteiger partial charge in [-0.1, -0.05) is 6.07 Å². The van der Waals surface area contributed by atoms with E-state index in [1.807, 2.05) is 0 Å². The fourth-order valence-corrected chi connectivity index (χ4v) is 2.49. The predicted molar refractivity (Wildman–Crippen MR) is 80.4 cm³/mol. The lowest BCUT2D eigenvalue weighted by Gasteiger charge is -2.11. The Balaban J connectivity index is 2.35. The molecule has 1 aromatic carbocycles. The molecule has 1 heterocycles. The van der Waals surface area contributed by atoms with Gasteiger partial charge in [-0.2, -0.15) is 0 Å². The summed E-state index contributed by atoms with van der Waals surface area (Å²) in [7, 11) is 0. The van der Waals surface area contributed by atoms with Crippen LogP contribution in [-0.2, 0) is 17.8 Å². The van der Waals surface area contributed by atoms with Crippen molar-refractivity contribution in [3.05, 3.63) is 35.0 Å². The molecule has 0 radical (unpaired) electrons. The van der Waals surface area contributed by atoms with Gasteiger partial charge >= 0.3 is 0 Å². The van der Waals surface area contributed by atoms with Crippen molar-refractivity contribution in [3.8, 4) is 0 Å². The van der Waals surface area contributed by atoms with Crippen LogP contribution in [0.4, 0.5) is 0 Å². The normalized spacial score (nSPS) is 11.7. The monoisotopic (exact) mass is 260 g/mol. The molecule has 0 saturated heterocycles. The summed E-state index contributed by atoms with van der Waals surface area (Å²) in [6.45, 7) is 10.7. The first-order valence-electron chi connectivity index (χ1n) is 6.94. The number of aromatic nitrogens is 1. The van der Waals surface area contributed by atoms with Crippen LogP contribution in [0.1, 0.15) is 30.7 Å². The minimum Gasteiger partial charge on any atom is -0.377 e. The second-order valence-electron chi connectivity index (χ2n) is 5.34. The Bertz CT molecular complexity index is 570. The van der Waals surface area contributed by atoms with E-state index in [2.05, 4.69) is 50.5 Å². The van der Waals surface area contributed by atoms with Crippen molar-refractivity contribution >= 4 is 10.9 Å². The minimum atomic E-state index is 0.284. The van der Waals surface area contributed by atoms with E-state index in [0.717, 1.165) is 13.2 Å². The minimum absolute atomic E-state index is 0.284. The highest BCUT2D eigenvalue weighted by Crippen LogP contribution is 2.26. The number of nitrogens with zero attached hydrogens (tertiary/aromatic N) is 1. The van der Waals surface area contributed by atoms with Crippen LogP contribution in [0, 0.1) is 13.8 Å². The molecule has 3 nitrogen and oxygen atoms in total. The Morgan fingerprint density at radius 3 is 2.63 bits per heavy atom. The number of hydrogen-bond donors (Lipinski definition) is 1. The van der Waals surface area contributed by atoms with Crippen LogP contribution in [-0.4, -0.2) is 17.3 Å². The third-order valence-electron chi connectivity index (χ3n) is 3.71. The highest BCUT2D eigenvalue weighted by Gasteiger charge is 2.11. The summed E-state index contributed by atoms with van der Waals surface area (Å²) in [6, 6.07) is 6.49. The van der Waals surface area contributed by atoms with Gasteiger partial charge < -0.3 is 15.0 Å². The Labute approximate surface area is 115 Å². The van der Waals surface area contributed by atoms with Crippen molar-refractivity contribution in [3.63, 3.8) is 0 Å². The van der Waals surface area contributed by atoms with Crippen LogP contribution in [0.3, 0.4) is 0 Å². The molecule has 1 aromatic heterocycles. The molecule has 0 saturated carbocycles. The van der Waals surface area contributed by atoms with Gasteiger partial charge in [-0.25, -0.2) is 0 Å². The van der Waals surface area contributed by atoms with E-state index in [9.17, 15) is 0 Å². The molecular formula is C16H24N2O. The lowest BCUT2D eigenvalue weighted by Crippen LogP contribution is -2.11. The molecular weight excluding hydrogens is 236 g/mol. The fourth-order valence-electron chi connectivity index (χ4n) is 2.49. The summed E-state index contributed by atoms with van der Waals surface area (Å²) in [5, 5.41) is 1.31. The molecule has 0 fully saturated rings. The van der Waals surface area contributed by atoms with Crippen molar-refractivity contribution in [2.45, 2.75) is 46.9 Å². The number of rotatable bonds is 5. The number of ether oxygens (including phenoxy) is 1. The zero-order valence-corrected chi connectivity index (χ0v) is 12.4. The first-order chi connectivity index (χ1) is 9.04. The van der Waals surface area contributed by atoms with E-state index in [1.54, 1.807) is 0 Å². The Morgan fingerprint density at radius 2 is 2.00 bits per heavy atom. The quantitative estimate of drug-likeness (QED) is 0.897. The highest BCUT2D eigenvalue weighted by atomic mass is 16.5. The van der Waals surface area contributed by atoms with E-state index in [-0.39, 0.29) is 6.10 Å². The van der Waals surface area contributed by atoms with Gasteiger partial charge in [0.1, 0.15) is 0 Å². The summed E-state index contributed by atoms with van der Waals surface area (Å²) in [6.07, 6.45) is 0.284. The van der Waals surface area contributed by atoms with Crippen LogP contribution in [0.25, 0.3) is 10.9 Å². The molecule has 0 unspecified atom stereocenters. The zero-order valence-electron chi connectivity index (χ0n) is 12.4. The number of nitrogens with two attached hydrogens (primary N) is 1. The summed E-state index contributed by atoms with van der Waals surface area (Å²) in [4.78, 5) is 0.